The van der Waals surface area contributed by atoms with Crippen LogP contribution < -0.4 is 5.32 Å². The van der Waals surface area contributed by atoms with Crippen LogP contribution in [-0.2, 0) is 4.79 Å². The summed E-state index contributed by atoms with van der Waals surface area (Å²) in [6.45, 7) is 4.98. The van der Waals surface area contributed by atoms with Gasteiger partial charge in [-0.25, -0.2) is 0 Å². The molecule has 15 heavy (non-hydrogen) atoms. The zero-order valence-electron chi connectivity index (χ0n) is 9.92. The highest BCUT2D eigenvalue weighted by molar-refractivity contribution is 5.82. The number of hydrogen-bond donors (Lipinski definition) is 2. The van der Waals surface area contributed by atoms with E-state index in [0.29, 0.717) is 6.42 Å². The highest BCUT2D eigenvalue weighted by Crippen LogP contribution is 2.16. The molecule has 1 amide bonds. The van der Waals surface area contributed by atoms with Gasteiger partial charge in [-0.2, -0.15) is 0 Å². The lowest BCUT2D eigenvalue weighted by Crippen LogP contribution is -2.50. The summed E-state index contributed by atoms with van der Waals surface area (Å²) in [5.74, 6) is 0.0912. The van der Waals surface area contributed by atoms with Crippen LogP contribution in [0.4, 0.5) is 0 Å². The van der Waals surface area contributed by atoms with Crippen LogP contribution in [-0.4, -0.2) is 47.7 Å². The van der Waals surface area contributed by atoms with Crippen molar-refractivity contribution in [2.24, 2.45) is 0 Å². The average Bonchev–Trinajstić information content (AvgIpc) is 2.50. The second-order valence-electron chi connectivity index (χ2n) is 4.99. The summed E-state index contributed by atoms with van der Waals surface area (Å²) in [7, 11) is 1.98. The van der Waals surface area contributed by atoms with Gasteiger partial charge in [0.05, 0.1) is 6.04 Å². The van der Waals surface area contributed by atoms with E-state index in [1.807, 2.05) is 20.9 Å². The van der Waals surface area contributed by atoms with Gasteiger partial charge in [-0.05, 0) is 46.7 Å². The maximum atomic E-state index is 11.9. The smallest absolute Gasteiger partial charge is 0.237 e. The van der Waals surface area contributed by atoms with Crippen molar-refractivity contribution in [3.05, 3.63) is 0 Å². The first kappa shape index (κ1) is 12.5. The number of carbonyl (C=O) groups is 1. The molecule has 1 saturated heterocycles. The van der Waals surface area contributed by atoms with Gasteiger partial charge in [0.1, 0.15) is 0 Å². The lowest BCUT2D eigenvalue weighted by atomic mass is 10.0. The third-order valence-corrected chi connectivity index (χ3v) is 3.02. The van der Waals surface area contributed by atoms with Gasteiger partial charge >= 0.3 is 0 Å². The fraction of sp³-hybridized carbons (Fsp3) is 0.909. The van der Waals surface area contributed by atoms with Gasteiger partial charge in [-0.3, -0.25) is 9.69 Å². The Morgan fingerprint density at radius 3 is 2.73 bits per heavy atom. The molecule has 0 saturated carbocycles. The van der Waals surface area contributed by atoms with E-state index in [-0.39, 0.29) is 24.1 Å². The van der Waals surface area contributed by atoms with E-state index >= 15 is 0 Å². The Bertz CT molecular complexity index is 229. The largest absolute Gasteiger partial charge is 0.396 e. The lowest BCUT2D eigenvalue weighted by molar-refractivity contribution is -0.126. The molecule has 4 nitrogen and oxygen atoms in total. The molecular weight excluding hydrogens is 192 g/mol. The number of hydrogen-bond acceptors (Lipinski definition) is 3. The number of aliphatic hydroxyl groups is 1. The third-order valence-electron chi connectivity index (χ3n) is 3.02. The Hall–Kier alpha value is -0.610. The molecule has 0 spiro atoms. The van der Waals surface area contributed by atoms with Crippen molar-refractivity contribution in [3.63, 3.8) is 0 Å². The molecule has 1 fully saturated rings. The van der Waals surface area contributed by atoms with Crippen LogP contribution in [0, 0.1) is 0 Å². The summed E-state index contributed by atoms with van der Waals surface area (Å²) < 4.78 is 0. The molecule has 1 aliphatic heterocycles. The zero-order chi connectivity index (χ0) is 11.5. The Balaban J connectivity index is 2.47. The van der Waals surface area contributed by atoms with E-state index < -0.39 is 0 Å². The van der Waals surface area contributed by atoms with Crippen molar-refractivity contribution in [3.8, 4) is 0 Å². The monoisotopic (exact) mass is 214 g/mol. The quantitative estimate of drug-likeness (QED) is 0.710. The number of amides is 1. The van der Waals surface area contributed by atoms with Crippen molar-refractivity contribution in [1.82, 2.24) is 10.2 Å². The predicted octanol–water partition coefficient (Wildman–Crippen LogP) is 0.358. The number of likely N-dealkylation sites (N-methyl/N-ethyl adjacent to an activating group) is 1. The molecule has 1 unspecified atom stereocenters. The van der Waals surface area contributed by atoms with E-state index in [2.05, 4.69) is 10.2 Å². The molecule has 1 aliphatic rings. The first-order chi connectivity index (χ1) is 6.96. The first-order valence-corrected chi connectivity index (χ1v) is 5.59. The van der Waals surface area contributed by atoms with E-state index in [1.54, 1.807) is 0 Å². The van der Waals surface area contributed by atoms with E-state index in [4.69, 9.17) is 5.11 Å². The van der Waals surface area contributed by atoms with Gasteiger partial charge in [0, 0.05) is 12.1 Å². The molecule has 0 radical (unpaired) electrons. The highest BCUT2D eigenvalue weighted by Gasteiger charge is 2.30. The van der Waals surface area contributed by atoms with Crippen molar-refractivity contribution < 1.29 is 9.90 Å². The minimum absolute atomic E-state index is 0.0166. The van der Waals surface area contributed by atoms with Crippen LogP contribution in [0.3, 0.4) is 0 Å². The highest BCUT2D eigenvalue weighted by atomic mass is 16.3. The molecule has 0 aromatic carbocycles. The number of likely N-dealkylation sites (tertiary alicyclic amines) is 1. The SMILES string of the molecule is CN1CCCC1C(=O)NC(C)(C)CCO. The third kappa shape index (κ3) is 3.47. The fourth-order valence-corrected chi connectivity index (χ4v) is 2.00. The second kappa shape index (κ2) is 4.94. The fourth-order valence-electron chi connectivity index (χ4n) is 2.00. The van der Waals surface area contributed by atoms with Gasteiger partial charge in [0.15, 0.2) is 0 Å². The summed E-state index contributed by atoms with van der Waals surface area (Å²) in [6.07, 6.45) is 2.63. The van der Waals surface area contributed by atoms with Crippen LogP contribution in [0.5, 0.6) is 0 Å². The van der Waals surface area contributed by atoms with E-state index in [1.165, 1.54) is 0 Å². The van der Waals surface area contributed by atoms with Crippen molar-refractivity contribution in [2.75, 3.05) is 20.2 Å². The van der Waals surface area contributed by atoms with E-state index in [9.17, 15) is 4.79 Å². The Morgan fingerprint density at radius 1 is 1.60 bits per heavy atom. The standard InChI is InChI=1S/C11H22N2O2/c1-11(2,6-8-14)12-10(15)9-5-4-7-13(9)3/h9,14H,4-8H2,1-3H3,(H,12,15). The minimum Gasteiger partial charge on any atom is -0.396 e. The summed E-state index contributed by atoms with van der Waals surface area (Å²) in [6, 6.07) is 0.0166. The van der Waals surface area contributed by atoms with Crippen LogP contribution in [0.25, 0.3) is 0 Å². The molecule has 0 aromatic rings. The van der Waals surface area contributed by atoms with Gasteiger partial charge < -0.3 is 10.4 Å². The normalized spacial score (nSPS) is 23.1. The van der Waals surface area contributed by atoms with Crippen molar-refractivity contribution >= 4 is 5.91 Å². The maximum absolute atomic E-state index is 11.9. The maximum Gasteiger partial charge on any atom is 0.237 e. The summed E-state index contributed by atoms with van der Waals surface area (Å²) in [5.41, 5.74) is -0.310. The topological polar surface area (TPSA) is 52.6 Å². The summed E-state index contributed by atoms with van der Waals surface area (Å²) >= 11 is 0. The molecule has 88 valence electrons. The summed E-state index contributed by atoms with van der Waals surface area (Å²) in [5, 5.41) is 11.9. The molecule has 0 aliphatic carbocycles. The molecule has 4 heteroatoms. The molecule has 2 N–H and O–H groups in total. The van der Waals surface area contributed by atoms with Gasteiger partial charge in [0.2, 0.25) is 5.91 Å². The Labute approximate surface area is 91.6 Å². The van der Waals surface area contributed by atoms with Gasteiger partial charge in [-0.1, -0.05) is 0 Å². The van der Waals surface area contributed by atoms with Crippen LogP contribution in [0.2, 0.25) is 0 Å². The minimum atomic E-state index is -0.310. The Kier molecular flexibility index (Phi) is 4.11. The predicted molar refractivity (Wildman–Crippen MR) is 59.6 cm³/mol. The van der Waals surface area contributed by atoms with E-state index in [0.717, 1.165) is 19.4 Å². The number of rotatable bonds is 4. The number of nitrogens with one attached hydrogen (secondary N) is 1. The van der Waals surface area contributed by atoms with Crippen molar-refractivity contribution in [2.45, 2.75) is 44.7 Å². The average molecular weight is 214 g/mol. The van der Waals surface area contributed by atoms with Gasteiger partial charge in [0.25, 0.3) is 0 Å². The number of nitrogens with zero attached hydrogens (tertiary/aromatic N) is 1. The first-order valence-electron chi connectivity index (χ1n) is 5.59. The molecule has 1 atom stereocenters. The molecular formula is C11H22N2O2. The number of aliphatic hydroxyl groups excluding tert-OH is 1. The summed E-state index contributed by atoms with van der Waals surface area (Å²) in [4.78, 5) is 14.0. The molecule has 1 rings (SSSR count). The molecule has 0 bridgehead atoms. The molecule has 0 aromatic heterocycles. The van der Waals surface area contributed by atoms with Crippen LogP contribution in [0.15, 0.2) is 0 Å². The Morgan fingerprint density at radius 2 is 2.27 bits per heavy atom. The van der Waals surface area contributed by atoms with Crippen LogP contribution >= 0.6 is 0 Å². The molecule has 1 heterocycles. The second-order valence-corrected chi connectivity index (χ2v) is 4.99. The lowest BCUT2D eigenvalue weighted by Gasteiger charge is -2.29. The van der Waals surface area contributed by atoms with Gasteiger partial charge in [-0.15, -0.1) is 0 Å². The zero-order valence-corrected chi connectivity index (χ0v) is 9.92. The van der Waals surface area contributed by atoms with Crippen molar-refractivity contribution in [1.29, 1.82) is 0 Å². The van der Waals surface area contributed by atoms with Crippen LogP contribution in [0.1, 0.15) is 33.1 Å². The number of carbonyl (C=O) groups excluding carboxylic acids is 1.